The average molecular weight is 1400 g/mol. The lowest BCUT2D eigenvalue weighted by molar-refractivity contribution is -0.155. The van der Waals surface area contributed by atoms with Gasteiger partial charge in [-0.1, -0.05) is 207 Å². The predicted octanol–water partition coefficient (Wildman–Crippen LogP) is 18.0. The van der Waals surface area contributed by atoms with Gasteiger partial charge in [-0.3, -0.25) is 38.5 Å². The van der Waals surface area contributed by atoms with Gasteiger partial charge in [0, 0.05) is 26.2 Å². The molecule has 0 spiro atoms. The summed E-state index contributed by atoms with van der Waals surface area (Å²) in [4.78, 5) is 99.8. The Morgan fingerprint density at radius 3 is 0.980 bits per heavy atom. The van der Waals surface area contributed by atoms with Crippen molar-refractivity contribution >= 4 is 41.6 Å². The van der Waals surface area contributed by atoms with Crippen LogP contribution < -0.4 is 10.6 Å². The molecular formula is C82H156N6O11. The fraction of sp³-hybridized carbons (Fsp3) is 0.915. The number of nitrogens with zero attached hydrogens (tertiary/aromatic N) is 4. The molecule has 0 unspecified atom stereocenters. The largest absolute Gasteiger partial charge is 0.481 e. The lowest BCUT2D eigenvalue weighted by Crippen LogP contribution is -2.50. The van der Waals surface area contributed by atoms with Crippen molar-refractivity contribution in [1.82, 2.24) is 30.2 Å². The van der Waals surface area contributed by atoms with Crippen molar-refractivity contribution in [3.63, 3.8) is 0 Å². The van der Waals surface area contributed by atoms with E-state index in [1.807, 2.05) is 27.7 Å². The molecule has 0 aliphatic carbocycles. The molecule has 0 aromatic heterocycles. The molecule has 99 heavy (non-hydrogen) atoms. The number of amides is 3. The molecule has 3 amide bonds. The Morgan fingerprint density at radius 1 is 0.384 bits per heavy atom. The van der Waals surface area contributed by atoms with Crippen molar-refractivity contribution in [2.24, 2.45) is 33.5 Å². The van der Waals surface area contributed by atoms with Crippen LogP contribution in [0, 0.1) is 33.5 Å². The van der Waals surface area contributed by atoms with Crippen molar-refractivity contribution < 1.29 is 53.2 Å². The fourth-order valence-corrected chi connectivity index (χ4v) is 13.8. The molecule has 1 fully saturated rings. The van der Waals surface area contributed by atoms with Crippen LogP contribution in [0.15, 0.2) is 0 Å². The smallest absolute Gasteiger partial charge is 0.311 e. The molecule has 0 atom stereocenters. The first-order valence-electron chi connectivity index (χ1n) is 41.0. The summed E-state index contributed by atoms with van der Waals surface area (Å²) in [6.07, 6.45) is 44.6. The Balaban J connectivity index is 2.93. The quantitative estimate of drug-likeness (QED) is 0.0329. The molecule has 17 nitrogen and oxygen atoms in total. The molecule has 1 heterocycles. The van der Waals surface area contributed by atoms with Crippen LogP contribution in [0.1, 0.15) is 353 Å². The summed E-state index contributed by atoms with van der Waals surface area (Å²) in [6, 6.07) is 0. The van der Waals surface area contributed by atoms with Gasteiger partial charge >= 0.3 is 23.9 Å². The van der Waals surface area contributed by atoms with E-state index in [0.717, 1.165) is 205 Å². The highest BCUT2D eigenvalue weighted by molar-refractivity contribution is 5.90. The van der Waals surface area contributed by atoms with E-state index in [0.29, 0.717) is 52.2 Å². The third-order valence-electron chi connectivity index (χ3n) is 21.3. The standard InChI is InChI=1S/C82H156N6O11/c1-13-17-29-45-70(46-30-18-14-2)49-43-65-98-77(96)81(9,10)53-35-23-27-39-59-85(57-37-25-21-33-51-79(5,6)75(92)93)63-55-83-72(89)67-88(74(91)69-87-61-41-42-62-87)68-73(90)84-56-64-86(58-38-26-22-34-52-80(7,8)76(94)95)60-40-28-24-36-54-82(11,12)78(97)99-66-44-50-71(47-31-19-15-3)48-32-20-16-4/h70-71H,13-69H2,1-12H3,(H,83,89)(H,84,90)(H,92,93)(H,94,95). The first-order chi connectivity index (χ1) is 47.2. The summed E-state index contributed by atoms with van der Waals surface area (Å²) >= 11 is 0. The number of rotatable bonds is 68. The first-order valence-corrected chi connectivity index (χ1v) is 41.0. The van der Waals surface area contributed by atoms with Gasteiger partial charge in [0.25, 0.3) is 0 Å². The highest BCUT2D eigenvalue weighted by atomic mass is 16.5. The van der Waals surface area contributed by atoms with Crippen LogP contribution in [0.5, 0.6) is 0 Å². The van der Waals surface area contributed by atoms with E-state index in [1.165, 1.54) is 108 Å². The fourth-order valence-electron chi connectivity index (χ4n) is 13.8. The van der Waals surface area contributed by atoms with Crippen LogP contribution in [0.2, 0.25) is 0 Å². The number of aliphatic carboxylic acids is 2. The molecule has 0 aromatic carbocycles. The number of hydrogen-bond acceptors (Lipinski definition) is 12. The Labute approximate surface area is 606 Å². The Kier molecular flexibility index (Phi) is 53.3. The molecule has 0 saturated carbocycles. The number of unbranched alkanes of at least 4 members (excludes halogenated alkanes) is 20. The molecule has 1 saturated heterocycles. The SMILES string of the molecule is CCCCCC(CCCCC)CCCOC(=O)C(C)(C)CCCCCCN(CCCCCCC(C)(C)C(=O)O)CCNC(=O)CN(CC(=O)NCCN(CCCCCCC(C)(C)C(=O)O)CCCCCCC(C)(C)C(=O)OCCCC(CCCCC)CCCCC)C(=O)CN1CCCC1. The van der Waals surface area contributed by atoms with Crippen molar-refractivity contribution in [1.29, 1.82) is 0 Å². The van der Waals surface area contributed by atoms with Crippen molar-refractivity contribution in [2.75, 3.05) is 98.3 Å². The van der Waals surface area contributed by atoms with Gasteiger partial charge in [0.1, 0.15) is 13.1 Å². The van der Waals surface area contributed by atoms with Gasteiger partial charge in [-0.2, -0.15) is 0 Å². The average Bonchev–Trinajstić information content (AvgIpc) is 1.57. The summed E-state index contributed by atoms with van der Waals surface area (Å²) < 4.78 is 11.8. The Hall–Kier alpha value is -3.83. The number of hydrogen-bond donors (Lipinski definition) is 4. The second-order valence-corrected chi connectivity index (χ2v) is 32.7. The van der Waals surface area contributed by atoms with E-state index < -0.39 is 33.6 Å². The van der Waals surface area contributed by atoms with Crippen LogP contribution in [0.3, 0.4) is 0 Å². The summed E-state index contributed by atoms with van der Waals surface area (Å²) in [5.41, 5.74) is -2.57. The van der Waals surface area contributed by atoms with Gasteiger partial charge in [-0.15, -0.1) is 0 Å². The number of esters is 2. The van der Waals surface area contributed by atoms with Crippen molar-refractivity contribution in [3.8, 4) is 0 Å². The highest BCUT2D eigenvalue weighted by Gasteiger charge is 2.32. The molecule has 0 aromatic rings. The lowest BCUT2D eigenvalue weighted by Gasteiger charge is -2.26. The van der Waals surface area contributed by atoms with E-state index in [-0.39, 0.29) is 49.3 Å². The van der Waals surface area contributed by atoms with E-state index in [2.05, 4.69) is 53.0 Å². The Bertz CT molecular complexity index is 1960. The molecule has 17 heteroatoms. The van der Waals surface area contributed by atoms with E-state index in [1.54, 1.807) is 27.7 Å². The number of carboxylic acid groups (broad SMARTS) is 2. The van der Waals surface area contributed by atoms with Crippen LogP contribution in [0.4, 0.5) is 0 Å². The molecule has 1 aliphatic heterocycles. The van der Waals surface area contributed by atoms with E-state index in [9.17, 15) is 43.8 Å². The second-order valence-electron chi connectivity index (χ2n) is 32.7. The van der Waals surface area contributed by atoms with E-state index >= 15 is 0 Å². The molecule has 580 valence electrons. The zero-order valence-electron chi connectivity index (χ0n) is 66.3. The third kappa shape index (κ3) is 47.9. The maximum Gasteiger partial charge on any atom is 0.311 e. The van der Waals surface area contributed by atoms with Gasteiger partial charge in [0.2, 0.25) is 17.7 Å². The zero-order chi connectivity index (χ0) is 73.6. The molecule has 0 radical (unpaired) electrons. The van der Waals surface area contributed by atoms with Gasteiger partial charge < -0.3 is 45.0 Å². The minimum atomic E-state index is -0.771. The second kappa shape index (κ2) is 56.6. The third-order valence-corrected chi connectivity index (χ3v) is 21.3. The van der Waals surface area contributed by atoms with Gasteiger partial charge in [0.15, 0.2) is 0 Å². The minimum absolute atomic E-state index is 0.0982. The monoisotopic (exact) mass is 1400 g/mol. The highest BCUT2D eigenvalue weighted by Crippen LogP contribution is 2.31. The normalized spacial score (nSPS) is 13.3. The maximum atomic E-state index is 13.9. The number of ether oxygens (including phenoxy) is 2. The molecule has 1 rings (SSSR count). The predicted molar refractivity (Wildman–Crippen MR) is 408 cm³/mol. The number of likely N-dealkylation sites (tertiary alicyclic amines) is 1. The molecule has 4 N–H and O–H groups in total. The summed E-state index contributed by atoms with van der Waals surface area (Å²) in [7, 11) is 0. The van der Waals surface area contributed by atoms with Crippen molar-refractivity contribution in [2.45, 2.75) is 353 Å². The van der Waals surface area contributed by atoms with Crippen LogP contribution in [-0.2, 0) is 43.0 Å². The number of carboxylic acids is 2. The minimum Gasteiger partial charge on any atom is -0.481 e. The Morgan fingerprint density at radius 2 is 0.677 bits per heavy atom. The van der Waals surface area contributed by atoms with Gasteiger partial charge in [-0.05, 0) is 196 Å². The zero-order valence-corrected chi connectivity index (χ0v) is 66.3. The first kappa shape index (κ1) is 93.2. The van der Waals surface area contributed by atoms with Crippen LogP contribution in [0.25, 0.3) is 0 Å². The van der Waals surface area contributed by atoms with E-state index in [4.69, 9.17) is 9.47 Å². The lowest BCUT2D eigenvalue weighted by atomic mass is 9.87. The van der Waals surface area contributed by atoms with Crippen molar-refractivity contribution in [3.05, 3.63) is 0 Å². The van der Waals surface area contributed by atoms with Gasteiger partial charge in [0.05, 0.1) is 41.4 Å². The number of nitrogens with one attached hydrogen (secondary N) is 2. The topological polar surface area (TPSA) is 215 Å². The summed E-state index contributed by atoms with van der Waals surface area (Å²) in [6.45, 7) is 32.0. The molecular weight excluding hydrogens is 1240 g/mol. The van der Waals surface area contributed by atoms with Crippen LogP contribution in [-0.4, -0.2) is 170 Å². The number of carbonyl (C=O) groups excluding carboxylic acids is 5. The summed E-state index contributed by atoms with van der Waals surface area (Å²) in [5, 5.41) is 25.4. The van der Waals surface area contributed by atoms with Gasteiger partial charge in [-0.25, -0.2) is 0 Å². The maximum absolute atomic E-state index is 13.9. The van der Waals surface area contributed by atoms with Crippen LogP contribution >= 0.6 is 0 Å². The summed E-state index contributed by atoms with van der Waals surface area (Å²) in [5.74, 6) is -1.14. The molecule has 0 bridgehead atoms. The number of carbonyl (C=O) groups is 7. The molecule has 1 aliphatic rings.